The van der Waals surface area contributed by atoms with Gasteiger partial charge in [0.15, 0.2) is 17.5 Å². The molecule has 0 aliphatic carbocycles. The van der Waals surface area contributed by atoms with Crippen LogP contribution in [0.15, 0.2) is 35.3 Å². The maximum atomic E-state index is 14.7. The number of guanidine groups is 1. The maximum absolute atomic E-state index is 14.7. The van der Waals surface area contributed by atoms with Crippen LogP contribution < -0.4 is 19.7 Å². The Labute approximate surface area is 188 Å². The van der Waals surface area contributed by atoms with Crippen molar-refractivity contribution < 1.29 is 18.6 Å². The lowest BCUT2D eigenvalue weighted by Gasteiger charge is -2.32. The highest BCUT2D eigenvalue weighted by Crippen LogP contribution is 2.33. The minimum Gasteiger partial charge on any atom is -0.493 e. The Morgan fingerprint density at radius 1 is 1.06 bits per heavy atom. The number of anilines is 1. The zero-order chi connectivity index (χ0) is 22.5. The molecule has 2 heterocycles. The molecule has 2 aromatic rings. The fraction of sp³-hybridized carbons (Fsp3) is 0.458. The number of rotatable bonds is 5. The van der Waals surface area contributed by atoms with Crippen molar-refractivity contribution in [2.75, 3.05) is 59.0 Å². The highest BCUT2D eigenvalue weighted by atomic mass is 19.1. The first-order valence-electron chi connectivity index (χ1n) is 10.9. The number of ether oxygens (including phenoxy) is 3. The van der Waals surface area contributed by atoms with Crippen LogP contribution in [0.2, 0.25) is 0 Å². The second-order valence-corrected chi connectivity index (χ2v) is 7.93. The second-order valence-electron chi connectivity index (χ2n) is 7.93. The van der Waals surface area contributed by atoms with Crippen molar-refractivity contribution in [3.05, 3.63) is 52.8 Å². The molecule has 2 aromatic carbocycles. The third-order valence-electron chi connectivity index (χ3n) is 6.04. The third-order valence-corrected chi connectivity index (χ3v) is 6.04. The molecule has 1 N–H and O–H groups in total. The van der Waals surface area contributed by atoms with Crippen LogP contribution in [0, 0.1) is 5.82 Å². The summed E-state index contributed by atoms with van der Waals surface area (Å²) in [4.78, 5) is 8.68. The van der Waals surface area contributed by atoms with Gasteiger partial charge in [-0.2, -0.15) is 0 Å². The minimum atomic E-state index is -0.200. The molecule has 0 unspecified atom stereocenters. The summed E-state index contributed by atoms with van der Waals surface area (Å²) in [6.45, 7) is 4.77. The highest BCUT2D eigenvalue weighted by molar-refractivity contribution is 5.80. The number of nitrogens with one attached hydrogen (secondary N) is 1. The summed E-state index contributed by atoms with van der Waals surface area (Å²) in [6.07, 6.45) is 0.888. The Hall–Kier alpha value is -3.00. The van der Waals surface area contributed by atoms with Gasteiger partial charge in [0.05, 0.1) is 33.1 Å². The van der Waals surface area contributed by atoms with Crippen molar-refractivity contribution in [2.24, 2.45) is 4.99 Å². The number of aliphatic imine (C=N–C) groups is 1. The quantitative estimate of drug-likeness (QED) is 0.568. The topological polar surface area (TPSA) is 58.6 Å². The smallest absolute Gasteiger partial charge is 0.194 e. The zero-order valence-corrected chi connectivity index (χ0v) is 19.0. The lowest BCUT2D eigenvalue weighted by atomic mass is 9.99. The minimum absolute atomic E-state index is 0.200. The van der Waals surface area contributed by atoms with Crippen LogP contribution in [0.1, 0.15) is 16.7 Å². The predicted molar refractivity (Wildman–Crippen MR) is 123 cm³/mol. The van der Waals surface area contributed by atoms with Gasteiger partial charge >= 0.3 is 0 Å². The molecule has 4 rings (SSSR count). The molecule has 0 atom stereocenters. The van der Waals surface area contributed by atoms with Gasteiger partial charge in [-0.15, -0.1) is 0 Å². The molecule has 7 nitrogen and oxygen atoms in total. The Morgan fingerprint density at radius 2 is 1.78 bits per heavy atom. The van der Waals surface area contributed by atoms with Crippen LogP contribution in [0.3, 0.4) is 0 Å². The Bertz CT molecular complexity index is 976. The van der Waals surface area contributed by atoms with Gasteiger partial charge < -0.3 is 29.3 Å². The van der Waals surface area contributed by atoms with Crippen LogP contribution in [0.4, 0.5) is 10.1 Å². The van der Waals surface area contributed by atoms with Crippen LogP contribution in [-0.4, -0.2) is 65.0 Å². The van der Waals surface area contributed by atoms with Gasteiger partial charge in [0.2, 0.25) is 0 Å². The van der Waals surface area contributed by atoms with Gasteiger partial charge in [-0.05, 0) is 47.4 Å². The molecule has 172 valence electrons. The summed E-state index contributed by atoms with van der Waals surface area (Å²) in [6, 6.07) is 9.52. The zero-order valence-electron chi connectivity index (χ0n) is 19.0. The van der Waals surface area contributed by atoms with E-state index in [0.29, 0.717) is 38.5 Å². The molecule has 0 radical (unpaired) electrons. The van der Waals surface area contributed by atoms with Crippen molar-refractivity contribution in [3.8, 4) is 11.5 Å². The standard InChI is InChI=1S/C24H31FN4O3/c1-26-24(29-7-6-18-13-22(30-2)23(31-3)14-19(18)16-29)27-15-17-4-5-21(20(25)12-17)28-8-10-32-11-9-28/h4-5,12-14H,6-11,15-16H2,1-3H3,(H,26,27). The predicted octanol–water partition coefficient (Wildman–Crippen LogP) is 2.81. The van der Waals surface area contributed by atoms with E-state index >= 15 is 0 Å². The molecular formula is C24H31FN4O3. The number of morpholine rings is 1. The molecule has 0 aromatic heterocycles. The number of nitrogens with zero attached hydrogens (tertiary/aromatic N) is 3. The molecule has 1 saturated heterocycles. The molecular weight excluding hydrogens is 411 g/mol. The van der Waals surface area contributed by atoms with E-state index in [-0.39, 0.29) is 5.82 Å². The van der Waals surface area contributed by atoms with Crippen LogP contribution in [0.5, 0.6) is 11.5 Å². The number of fused-ring (bicyclic) bond motifs is 1. The number of methoxy groups -OCH3 is 2. The monoisotopic (exact) mass is 442 g/mol. The average Bonchev–Trinajstić information content (AvgIpc) is 2.84. The summed E-state index contributed by atoms with van der Waals surface area (Å²) in [5.74, 6) is 2.08. The Morgan fingerprint density at radius 3 is 2.44 bits per heavy atom. The van der Waals surface area contributed by atoms with Crippen molar-refractivity contribution in [3.63, 3.8) is 0 Å². The SMILES string of the molecule is CN=C(NCc1ccc(N2CCOCC2)c(F)c1)N1CCc2cc(OC)c(OC)cc2C1. The van der Waals surface area contributed by atoms with Crippen molar-refractivity contribution in [1.82, 2.24) is 10.2 Å². The van der Waals surface area contributed by atoms with E-state index in [0.717, 1.165) is 42.5 Å². The number of hydrogen-bond donors (Lipinski definition) is 1. The Balaban J connectivity index is 1.41. The van der Waals surface area contributed by atoms with Crippen molar-refractivity contribution in [2.45, 2.75) is 19.5 Å². The third kappa shape index (κ3) is 4.75. The largest absolute Gasteiger partial charge is 0.493 e. The molecule has 0 amide bonds. The maximum Gasteiger partial charge on any atom is 0.194 e. The Kier molecular flexibility index (Phi) is 6.99. The first kappa shape index (κ1) is 22.2. The average molecular weight is 443 g/mol. The molecule has 2 aliphatic heterocycles. The normalized spacial score (nSPS) is 16.6. The fourth-order valence-corrected chi connectivity index (χ4v) is 4.30. The van der Waals surface area contributed by atoms with Gasteiger partial charge in [0, 0.05) is 39.8 Å². The molecule has 8 heteroatoms. The molecule has 1 fully saturated rings. The second kappa shape index (κ2) is 10.1. The van der Waals surface area contributed by atoms with Crippen LogP contribution in [0.25, 0.3) is 0 Å². The van der Waals surface area contributed by atoms with E-state index in [1.54, 1.807) is 27.3 Å². The van der Waals surface area contributed by atoms with E-state index in [4.69, 9.17) is 14.2 Å². The molecule has 0 saturated carbocycles. The summed E-state index contributed by atoms with van der Waals surface area (Å²) in [5, 5.41) is 3.38. The van der Waals surface area contributed by atoms with Gasteiger partial charge in [-0.1, -0.05) is 6.07 Å². The number of benzene rings is 2. The molecule has 0 spiro atoms. The molecule has 32 heavy (non-hydrogen) atoms. The van der Waals surface area contributed by atoms with Gasteiger partial charge in [-0.25, -0.2) is 4.39 Å². The number of halogens is 1. The van der Waals surface area contributed by atoms with Gasteiger partial charge in [-0.3, -0.25) is 4.99 Å². The van der Waals surface area contributed by atoms with Crippen molar-refractivity contribution >= 4 is 11.6 Å². The van der Waals surface area contributed by atoms with E-state index < -0.39 is 0 Å². The van der Waals surface area contributed by atoms with E-state index in [9.17, 15) is 4.39 Å². The summed E-state index contributed by atoms with van der Waals surface area (Å²) >= 11 is 0. The van der Waals surface area contributed by atoms with Crippen LogP contribution in [-0.2, 0) is 24.2 Å². The van der Waals surface area contributed by atoms with Gasteiger partial charge in [0.25, 0.3) is 0 Å². The van der Waals surface area contributed by atoms with E-state index in [1.807, 2.05) is 23.1 Å². The van der Waals surface area contributed by atoms with Gasteiger partial charge in [0.1, 0.15) is 5.82 Å². The molecule has 0 bridgehead atoms. The number of hydrogen-bond acceptors (Lipinski definition) is 5. The first-order chi connectivity index (χ1) is 15.6. The summed E-state index contributed by atoms with van der Waals surface area (Å²) in [7, 11) is 5.07. The fourth-order valence-electron chi connectivity index (χ4n) is 4.30. The van der Waals surface area contributed by atoms with Crippen LogP contribution >= 0.6 is 0 Å². The lowest BCUT2D eigenvalue weighted by molar-refractivity contribution is 0.122. The van der Waals surface area contributed by atoms with Crippen molar-refractivity contribution in [1.29, 1.82) is 0 Å². The first-order valence-corrected chi connectivity index (χ1v) is 10.9. The molecule has 2 aliphatic rings. The summed E-state index contributed by atoms with van der Waals surface area (Å²) < 4.78 is 31.0. The lowest BCUT2D eigenvalue weighted by Crippen LogP contribution is -2.43. The highest BCUT2D eigenvalue weighted by Gasteiger charge is 2.22. The van der Waals surface area contributed by atoms with E-state index in [2.05, 4.69) is 21.3 Å². The summed E-state index contributed by atoms with van der Waals surface area (Å²) in [5.41, 5.74) is 3.97. The van der Waals surface area contributed by atoms with E-state index in [1.165, 1.54) is 11.1 Å².